The van der Waals surface area contributed by atoms with E-state index in [1.807, 2.05) is 18.2 Å². The molecule has 1 saturated carbocycles. The number of ether oxygens (including phenoxy) is 2. The monoisotopic (exact) mass is 329 g/mol. The molecule has 130 valence electrons. The van der Waals surface area contributed by atoms with Gasteiger partial charge in [0.1, 0.15) is 6.61 Å². The highest BCUT2D eigenvalue weighted by atomic mass is 16.5. The van der Waals surface area contributed by atoms with Crippen LogP contribution in [0.25, 0.3) is 0 Å². The van der Waals surface area contributed by atoms with Crippen molar-refractivity contribution in [2.24, 2.45) is 10.7 Å². The highest BCUT2D eigenvalue weighted by Gasteiger charge is 2.12. The van der Waals surface area contributed by atoms with Gasteiger partial charge in [0.25, 0.3) is 0 Å². The molecular weight excluding hydrogens is 302 g/mol. The molecule has 0 bridgehead atoms. The molecule has 5 heteroatoms. The first-order valence-corrected chi connectivity index (χ1v) is 8.52. The lowest BCUT2D eigenvalue weighted by molar-refractivity contribution is 0.330. The summed E-state index contributed by atoms with van der Waals surface area (Å²) in [6.45, 7) is 0.691. The summed E-state index contributed by atoms with van der Waals surface area (Å²) >= 11 is 0. The van der Waals surface area contributed by atoms with Gasteiger partial charge in [-0.3, -0.25) is 0 Å². The fourth-order valence-corrected chi connectivity index (χ4v) is 2.91. The van der Waals surface area contributed by atoms with Gasteiger partial charge in [0.2, 0.25) is 0 Å². The van der Waals surface area contributed by atoms with Crippen LogP contribution in [0.15, 0.2) is 23.2 Å². The van der Waals surface area contributed by atoms with Crippen molar-refractivity contribution in [1.29, 1.82) is 0 Å². The van der Waals surface area contributed by atoms with Crippen LogP contribution >= 0.6 is 0 Å². The lowest BCUT2D eigenvalue weighted by atomic mass is 10.1. The Morgan fingerprint density at radius 2 is 2.04 bits per heavy atom. The molecule has 0 saturated heterocycles. The maximum Gasteiger partial charge on any atom is 0.189 e. The van der Waals surface area contributed by atoms with Gasteiger partial charge in [-0.05, 0) is 30.5 Å². The zero-order valence-electron chi connectivity index (χ0n) is 14.4. The molecule has 1 fully saturated rings. The van der Waals surface area contributed by atoms with E-state index in [0.29, 0.717) is 30.0 Å². The van der Waals surface area contributed by atoms with Gasteiger partial charge in [-0.2, -0.15) is 0 Å². The zero-order valence-corrected chi connectivity index (χ0v) is 14.4. The molecule has 1 aliphatic rings. The average molecular weight is 329 g/mol. The second-order valence-electron chi connectivity index (χ2n) is 6.01. The molecule has 24 heavy (non-hydrogen) atoms. The Morgan fingerprint density at radius 3 is 2.71 bits per heavy atom. The number of rotatable bonds is 6. The maximum atomic E-state index is 6.03. The Labute approximate surface area is 144 Å². The van der Waals surface area contributed by atoms with Gasteiger partial charge < -0.3 is 20.5 Å². The molecule has 1 aromatic carbocycles. The van der Waals surface area contributed by atoms with Crippen LogP contribution in [-0.4, -0.2) is 25.7 Å². The summed E-state index contributed by atoms with van der Waals surface area (Å²) < 4.78 is 10.8. The number of terminal acetylenes is 1. The number of aliphatic imine (C=N–C) groups is 1. The first kappa shape index (κ1) is 18.0. The van der Waals surface area contributed by atoms with Crippen molar-refractivity contribution >= 4 is 5.96 Å². The highest BCUT2D eigenvalue weighted by Crippen LogP contribution is 2.28. The Kier molecular flexibility index (Phi) is 7.28. The van der Waals surface area contributed by atoms with Gasteiger partial charge in [0, 0.05) is 6.04 Å². The van der Waals surface area contributed by atoms with E-state index < -0.39 is 0 Å². The van der Waals surface area contributed by atoms with Crippen LogP contribution < -0.4 is 20.5 Å². The van der Waals surface area contributed by atoms with E-state index in [0.717, 1.165) is 5.56 Å². The molecule has 0 aliphatic heterocycles. The molecule has 1 aliphatic carbocycles. The zero-order chi connectivity index (χ0) is 17.2. The van der Waals surface area contributed by atoms with Crippen LogP contribution in [0.2, 0.25) is 0 Å². The molecule has 2 rings (SSSR count). The van der Waals surface area contributed by atoms with Gasteiger partial charge in [-0.15, -0.1) is 6.42 Å². The highest BCUT2D eigenvalue weighted by molar-refractivity contribution is 5.78. The van der Waals surface area contributed by atoms with Gasteiger partial charge in [-0.25, -0.2) is 4.99 Å². The Balaban J connectivity index is 1.95. The van der Waals surface area contributed by atoms with Crippen LogP contribution in [0.4, 0.5) is 0 Å². The van der Waals surface area contributed by atoms with Crippen LogP contribution in [0.3, 0.4) is 0 Å². The van der Waals surface area contributed by atoms with Crippen molar-refractivity contribution in [3.63, 3.8) is 0 Å². The fraction of sp³-hybridized carbons (Fsp3) is 0.526. The van der Waals surface area contributed by atoms with Crippen molar-refractivity contribution in [3.8, 4) is 23.8 Å². The molecule has 1 aromatic rings. The molecular formula is C19H27N3O2. The number of guanidine groups is 1. The Morgan fingerprint density at radius 1 is 1.29 bits per heavy atom. The first-order chi connectivity index (χ1) is 11.7. The molecule has 3 N–H and O–H groups in total. The second kappa shape index (κ2) is 9.71. The van der Waals surface area contributed by atoms with Crippen molar-refractivity contribution in [1.82, 2.24) is 5.32 Å². The average Bonchev–Trinajstić information content (AvgIpc) is 2.86. The fourth-order valence-electron chi connectivity index (χ4n) is 2.91. The van der Waals surface area contributed by atoms with E-state index in [4.69, 9.17) is 21.6 Å². The number of nitrogens with one attached hydrogen (secondary N) is 1. The maximum absolute atomic E-state index is 6.03. The predicted molar refractivity (Wildman–Crippen MR) is 97.3 cm³/mol. The summed E-state index contributed by atoms with van der Waals surface area (Å²) in [7, 11) is 1.60. The summed E-state index contributed by atoms with van der Waals surface area (Å²) in [5.41, 5.74) is 7.03. The number of nitrogens with two attached hydrogens (primary N) is 1. The number of nitrogens with zero attached hydrogens (tertiary/aromatic N) is 1. The number of methoxy groups -OCH3 is 1. The van der Waals surface area contributed by atoms with Crippen LogP contribution in [0.1, 0.15) is 44.1 Å². The molecule has 5 nitrogen and oxygen atoms in total. The van der Waals surface area contributed by atoms with Crippen LogP contribution in [0.5, 0.6) is 11.5 Å². The lowest BCUT2D eigenvalue weighted by Crippen LogP contribution is -2.39. The smallest absolute Gasteiger partial charge is 0.189 e. The first-order valence-electron chi connectivity index (χ1n) is 8.52. The third-order valence-electron chi connectivity index (χ3n) is 4.18. The summed E-state index contributed by atoms with van der Waals surface area (Å²) in [5, 5.41) is 3.35. The van der Waals surface area contributed by atoms with E-state index in [2.05, 4.69) is 16.2 Å². The number of hydrogen-bond acceptors (Lipinski definition) is 3. The summed E-state index contributed by atoms with van der Waals surface area (Å²) in [6, 6.07) is 6.13. The summed E-state index contributed by atoms with van der Waals surface area (Å²) in [6.07, 6.45) is 12.7. The molecule has 0 spiro atoms. The van der Waals surface area contributed by atoms with Crippen molar-refractivity contribution in [2.75, 3.05) is 13.7 Å². The van der Waals surface area contributed by atoms with Crippen molar-refractivity contribution < 1.29 is 9.47 Å². The molecule has 0 unspecified atom stereocenters. The quantitative estimate of drug-likeness (QED) is 0.364. The van der Waals surface area contributed by atoms with Gasteiger partial charge in [0.15, 0.2) is 17.5 Å². The Bertz CT molecular complexity index is 585. The van der Waals surface area contributed by atoms with Crippen LogP contribution in [-0.2, 0) is 6.54 Å². The van der Waals surface area contributed by atoms with Crippen LogP contribution in [0, 0.1) is 12.3 Å². The van der Waals surface area contributed by atoms with Crippen molar-refractivity contribution in [2.45, 2.75) is 51.1 Å². The lowest BCUT2D eigenvalue weighted by Gasteiger charge is -2.16. The van der Waals surface area contributed by atoms with Gasteiger partial charge in [0.05, 0.1) is 13.7 Å². The van der Waals surface area contributed by atoms with E-state index in [1.165, 1.54) is 38.5 Å². The second-order valence-corrected chi connectivity index (χ2v) is 6.01. The van der Waals surface area contributed by atoms with Crippen molar-refractivity contribution in [3.05, 3.63) is 23.8 Å². The minimum atomic E-state index is 0.203. The SMILES string of the molecule is C#CCOc1cc(CN=C(N)NC2CCCCCC2)ccc1OC. The van der Waals surface area contributed by atoms with E-state index in [9.17, 15) is 0 Å². The topological polar surface area (TPSA) is 68.9 Å². The summed E-state index contributed by atoms with van der Waals surface area (Å²) in [5.74, 6) is 4.23. The third kappa shape index (κ3) is 5.69. The standard InChI is InChI=1S/C19H27N3O2/c1-3-12-24-18-13-15(10-11-17(18)23-2)14-21-19(20)22-16-8-6-4-5-7-9-16/h1,10-11,13,16H,4-9,12,14H2,2H3,(H3,20,21,22). The van der Waals surface area contributed by atoms with E-state index >= 15 is 0 Å². The largest absolute Gasteiger partial charge is 0.493 e. The normalized spacial score (nSPS) is 16.1. The van der Waals surface area contributed by atoms with Gasteiger partial charge >= 0.3 is 0 Å². The minimum absolute atomic E-state index is 0.203. The molecule has 0 heterocycles. The van der Waals surface area contributed by atoms with Gasteiger partial charge in [-0.1, -0.05) is 37.7 Å². The summed E-state index contributed by atoms with van der Waals surface area (Å²) in [4.78, 5) is 4.44. The van der Waals surface area contributed by atoms with E-state index in [-0.39, 0.29) is 6.61 Å². The predicted octanol–water partition coefficient (Wildman–Crippen LogP) is 2.83. The number of hydrogen-bond donors (Lipinski definition) is 2. The minimum Gasteiger partial charge on any atom is -0.493 e. The molecule has 0 radical (unpaired) electrons. The third-order valence-corrected chi connectivity index (χ3v) is 4.18. The molecule has 0 atom stereocenters. The Hall–Kier alpha value is -2.35. The molecule has 0 aromatic heterocycles. The number of benzene rings is 1. The van der Waals surface area contributed by atoms with E-state index in [1.54, 1.807) is 7.11 Å². The molecule has 0 amide bonds.